The van der Waals surface area contributed by atoms with Gasteiger partial charge in [0, 0.05) is 123 Å². The number of aliphatic hydroxyl groups excluding tert-OH is 2. The predicted octanol–water partition coefficient (Wildman–Crippen LogP) is 11.8. The number of amides is 1. The fraction of sp³-hybridized carbons (Fsp3) is 0.720. The summed E-state index contributed by atoms with van der Waals surface area (Å²) in [4.78, 5) is 95.7. The minimum atomic E-state index is -2.44. The number of oxazole rings is 1. The van der Waals surface area contributed by atoms with Crippen molar-refractivity contribution in [3.8, 4) is 11.3 Å². The fourth-order valence-corrected chi connectivity index (χ4v) is 16.1. The summed E-state index contributed by atoms with van der Waals surface area (Å²) in [6.07, 6.45) is 17.5. The summed E-state index contributed by atoms with van der Waals surface area (Å²) >= 11 is 0. The molecule has 8 rings (SSSR count). The number of Topliss-reactive ketones (excluding diaryl/α,β-unsaturated/α-hetero) is 3. The molecule has 1 aliphatic carbocycles. The maximum absolute atomic E-state index is 14.6. The van der Waals surface area contributed by atoms with Crippen LogP contribution in [0.2, 0.25) is 0 Å². The quantitative estimate of drug-likeness (QED) is 0.0119. The van der Waals surface area contributed by atoms with Crippen molar-refractivity contribution in [2.75, 3.05) is 146 Å². The number of ether oxygens (including phenoxy) is 14. The van der Waals surface area contributed by atoms with E-state index >= 15 is 0 Å². The van der Waals surface area contributed by atoms with Gasteiger partial charge in [-0.1, -0.05) is 84.4 Å². The number of methoxy groups -OCH3 is 4. The number of carbonyl (C=O) groups is 6. The lowest BCUT2D eigenvalue weighted by Gasteiger charge is -2.43. The van der Waals surface area contributed by atoms with E-state index in [2.05, 4.69) is 21.9 Å². The standard InChI is InChI=1S/C56H89NO15.C24H31N7O4.C13H28O5/c1-34-18-13-12-14-19-35(2)46(67-9)32-42-24-22-40(7)56(65,72-42)53(62)54(63)57-26-16-15-20-43(57)55(64)71-47(33-44(58)36(3)29-39(6)51(61)52(69-11)50(60)38(5)28-34)37(4)30-41-23-25-45(48(31-41)68-10)70-49(59)21-17-27-66-8;1-2-33-12-13-34-11-9-17(32)6-4-3-5-10-31-23-20(22(25)27-15-28-23)21(30-31)16-7-8-19-18(14-16)29-24(26)35-19;1-3-5-15-8-9-17-12-13-18-11-10-16-7-6-14-4-2/h12-14,18-19,29,34,36-38,40-48,51-52,58,61,65H,15-17,20-28,30-33H2,1-11H3;7-8,14-15H,2-6,9-13H2,1H3,(H2,26,29)(H2,25,27,28);3-13H2,1-2H3/b14-12+,18-13+,35-19+,39-29+;;/t34-,36-,37-,38-,40-,41+,42+,43+,44-,45-,46+,47+,48-,51-,52+,56-;;/m1../s1. The van der Waals surface area contributed by atoms with Crippen LogP contribution in [0.3, 0.4) is 0 Å². The number of nitrogens with zero attached hydrogens (tertiary/aromatic N) is 6. The van der Waals surface area contributed by atoms with E-state index in [-0.39, 0.29) is 73.2 Å². The molecule has 4 aliphatic rings. The molecule has 0 radical (unpaired) electrons. The van der Waals surface area contributed by atoms with E-state index in [0.717, 1.165) is 50.0 Å². The molecular formula is C93H148N8O24. The van der Waals surface area contributed by atoms with Crippen molar-refractivity contribution in [1.29, 1.82) is 0 Å². The van der Waals surface area contributed by atoms with Crippen LogP contribution in [0, 0.1) is 35.5 Å². The molecule has 0 unspecified atom stereocenters. The summed E-state index contributed by atoms with van der Waals surface area (Å²) in [5.74, 6) is -7.24. The number of aryl methyl sites for hydroxylation is 1. The van der Waals surface area contributed by atoms with Gasteiger partial charge in [-0.3, -0.25) is 24.0 Å². The zero-order valence-corrected chi connectivity index (χ0v) is 76.8. The number of cyclic esters (lactones) is 1. The lowest BCUT2D eigenvalue weighted by molar-refractivity contribution is -0.265. The molecule has 704 valence electrons. The average Bonchev–Trinajstić information content (AvgIpc) is 1.73. The molecule has 3 fully saturated rings. The topological polar surface area (TPSA) is 417 Å². The molecule has 32 nitrogen and oxygen atoms in total. The molecule has 1 amide bonds. The monoisotopic (exact) mass is 1760 g/mol. The average molecular weight is 1760 g/mol. The minimum Gasteiger partial charge on any atom is -0.460 e. The number of carbonyl (C=O) groups excluding carboxylic acids is 6. The SMILES string of the molecule is CCCOCCOCCOCCOCCOCC.CCOCCOCCC(=O)CCCCCn1nc(-c2ccc3oc(N)nc3c2)c2c(N)ncnc21.COCCCC(=O)O[C@@H]1CC[C@@H](C[C@@H](C)[C@@H]2C[C@@H](O)[C@H](C)/C=C(\C)[C@@H](O)[C@@H](OC)C(=O)[C@H](C)C[C@H](C)/C=C/C=C/C=C(\C)[C@@H](OC)C[C@@H]3CC[C@@H](C)[C@@](O)(O3)C(=O)C(=O)N3CCCC[C@H]3C(=O)O2)C[C@H]1OC. The number of esters is 2. The Bertz CT molecular complexity index is 3950. The number of allylic oxidation sites excluding steroid dienone is 5. The first-order chi connectivity index (χ1) is 60.2. The number of benzene rings is 1. The fourth-order valence-electron chi connectivity index (χ4n) is 16.1. The molecule has 16 atom stereocenters. The number of fused-ring (bicyclic) bond motifs is 5. The zero-order chi connectivity index (χ0) is 91.2. The molecule has 2 bridgehead atoms. The number of unbranched alkanes of at least 4 members (excludes halogenated alkanes) is 2. The highest BCUT2D eigenvalue weighted by molar-refractivity contribution is 6.39. The first kappa shape index (κ1) is 106. The third-order valence-electron chi connectivity index (χ3n) is 23.4. The number of hydrogen-bond acceptors (Lipinski definition) is 30. The van der Waals surface area contributed by atoms with Crippen LogP contribution >= 0.6 is 0 Å². The molecule has 1 saturated carbocycles. The number of aliphatic hydroxyl groups is 3. The van der Waals surface area contributed by atoms with Crippen LogP contribution in [0.15, 0.2) is 76.5 Å². The number of nitrogen functional groups attached to an aromatic ring is 2. The summed E-state index contributed by atoms with van der Waals surface area (Å²) in [5.41, 5.74) is 16.6. The second kappa shape index (κ2) is 58.2. The van der Waals surface area contributed by atoms with E-state index in [1.165, 1.54) is 18.3 Å². The van der Waals surface area contributed by atoms with E-state index in [4.69, 9.17) is 87.3 Å². The van der Waals surface area contributed by atoms with E-state index in [9.17, 15) is 44.1 Å². The van der Waals surface area contributed by atoms with Gasteiger partial charge in [-0.15, -0.1) is 0 Å². The van der Waals surface area contributed by atoms with Crippen LogP contribution in [-0.4, -0.2) is 275 Å². The Balaban J connectivity index is 0.000000371. The van der Waals surface area contributed by atoms with Crippen LogP contribution in [0.1, 0.15) is 198 Å². The van der Waals surface area contributed by atoms with Crippen molar-refractivity contribution < 1.29 is 115 Å². The molecule has 0 spiro atoms. The highest BCUT2D eigenvalue weighted by Gasteiger charge is 2.53. The van der Waals surface area contributed by atoms with Gasteiger partial charge in [0.2, 0.25) is 5.79 Å². The summed E-state index contributed by atoms with van der Waals surface area (Å²) < 4.78 is 85.0. The second-order valence-electron chi connectivity index (χ2n) is 33.2. The maximum Gasteiger partial charge on any atom is 0.329 e. The Morgan fingerprint density at radius 2 is 1.37 bits per heavy atom. The predicted molar refractivity (Wildman–Crippen MR) is 474 cm³/mol. The Labute approximate surface area is 739 Å². The number of rotatable bonds is 40. The Hall–Kier alpha value is -7.38. The van der Waals surface area contributed by atoms with Gasteiger partial charge in [-0.25, -0.2) is 19.4 Å². The lowest BCUT2D eigenvalue weighted by atomic mass is 9.78. The first-order valence-electron chi connectivity index (χ1n) is 45.2. The van der Waals surface area contributed by atoms with Crippen molar-refractivity contribution in [1.82, 2.24) is 29.6 Å². The summed E-state index contributed by atoms with van der Waals surface area (Å²) in [7, 11) is 6.15. The Morgan fingerprint density at radius 3 is 2.02 bits per heavy atom. The third-order valence-corrected chi connectivity index (χ3v) is 23.4. The number of anilines is 2. The largest absolute Gasteiger partial charge is 0.460 e. The number of piperidine rings is 1. The molecule has 7 N–H and O–H groups in total. The number of hydrogen-bond donors (Lipinski definition) is 5. The molecule has 2 saturated heterocycles. The van der Waals surface area contributed by atoms with Gasteiger partial charge in [-0.05, 0) is 165 Å². The van der Waals surface area contributed by atoms with Crippen LogP contribution in [-0.2, 0) is 102 Å². The molecule has 125 heavy (non-hydrogen) atoms. The van der Waals surface area contributed by atoms with E-state index < -0.39 is 90.0 Å². The van der Waals surface area contributed by atoms with Gasteiger partial charge < -0.3 is 102 Å². The van der Waals surface area contributed by atoms with Crippen molar-refractivity contribution in [3.63, 3.8) is 0 Å². The smallest absolute Gasteiger partial charge is 0.329 e. The zero-order valence-electron chi connectivity index (χ0n) is 76.8. The normalized spacial score (nSPS) is 27.0. The summed E-state index contributed by atoms with van der Waals surface area (Å²) in [5, 5.41) is 41.0. The van der Waals surface area contributed by atoms with Gasteiger partial charge in [0.15, 0.2) is 17.0 Å². The molecule has 4 aromatic rings. The Morgan fingerprint density at radius 1 is 0.688 bits per heavy atom. The molecule has 6 heterocycles. The second-order valence-corrected chi connectivity index (χ2v) is 33.2. The van der Waals surface area contributed by atoms with E-state index in [1.54, 1.807) is 54.2 Å². The molecule has 3 aromatic heterocycles. The number of nitrogens with two attached hydrogens (primary N) is 2. The molecule has 1 aromatic carbocycles. The highest BCUT2D eigenvalue weighted by Crippen LogP contribution is 2.40. The number of ketones is 3. The maximum atomic E-state index is 14.6. The van der Waals surface area contributed by atoms with E-state index in [0.29, 0.717) is 215 Å². The third kappa shape index (κ3) is 35.5. The van der Waals surface area contributed by atoms with Crippen molar-refractivity contribution in [3.05, 3.63) is 72.1 Å². The first-order valence-corrected chi connectivity index (χ1v) is 45.2. The van der Waals surface area contributed by atoms with Gasteiger partial charge in [-0.2, -0.15) is 10.1 Å². The molecule has 32 heteroatoms. The van der Waals surface area contributed by atoms with Crippen molar-refractivity contribution in [2.45, 2.75) is 265 Å². The highest BCUT2D eigenvalue weighted by atomic mass is 16.6. The molecule has 3 aliphatic heterocycles. The lowest BCUT2D eigenvalue weighted by Crippen LogP contribution is -2.61. The van der Waals surface area contributed by atoms with Crippen LogP contribution in [0.25, 0.3) is 33.4 Å². The summed E-state index contributed by atoms with van der Waals surface area (Å²) in [6.45, 7) is 28.8. The van der Waals surface area contributed by atoms with Crippen LogP contribution in [0.5, 0.6) is 0 Å². The summed E-state index contributed by atoms with van der Waals surface area (Å²) in [6, 6.07) is 4.53. The Kier molecular flexibility index (Phi) is 49.6. The number of aromatic nitrogens is 5. The molecular weight excluding hydrogens is 1610 g/mol. The van der Waals surface area contributed by atoms with Gasteiger partial charge in [0.05, 0.1) is 102 Å². The van der Waals surface area contributed by atoms with Crippen molar-refractivity contribution >= 4 is 69.2 Å². The van der Waals surface area contributed by atoms with Gasteiger partial charge in [0.1, 0.15) is 59.6 Å². The van der Waals surface area contributed by atoms with Gasteiger partial charge in [0.25, 0.3) is 17.7 Å². The minimum absolute atomic E-state index is 0.0103. The van der Waals surface area contributed by atoms with Crippen LogP contribution < -0.4 is 11.5 Å². The van der Waals surface area contributed by atoms with Crippen molar-refractivity contribution in [2.24, 2.45) is 35.5 Å². The van der Waals surface area contributed by atoms with Gasteiger partial charge >= 0.3 is 11.9 Å². The van der Waals surface area contributed by atoms with E-state index in [1.807, 2.05) is 88.7 Å². The van der Waals surface area contributed by atoms with Crippen LogP contribution in [0.4, 0.5) is 11.8 Å².